The van der Waals surface area contributed by atoms with Gasteiger partial charge in [0.15, 0.2) is 0 Å². The number of aromatic hydroxyl groups is 1. The second kappa shape index (κ2) is 8.46. The number of nitrogens with zero attached hydrogens (tertiary/aromatic N) is 2. The monoisotopic (exact) mass is 419 g/mol. The van der Waals surface area contributed by atoms with Gasteiger partial charge in [0.25, 0.3) is 5.91 Å². The number of aromatic amines is 1. The van der Waals surface area contributed by atoms with E-state index in [0.29, 0.717) is 30.1 Å². The molecule has 2 heterocycles. The molecule has 2 aromatic carbocycles. The van der Waals surface area contributed by atoms with Gasteiger partial charge < -0.3 is 14.7 Å². The third kappa shape index (κ3) is 3.67. The molecule has 1 aromatic heterocycles. The van der Waals surface area contributed by atoms with E-state index in [9.17, 15) is 9.90 Å². The highest BCUT2D eigenvalue weighted by molar-refractivity contribution is 6.00. The summed E-state index contributed by atoms with van der Waals surface area (Å²) in [5.41, 5.74) is 5.37. The van der Waals surface area contributed by atoms with Crippen LogP contribution in [0.1, 0.15) is 65.5 Å². The number of hydrogen-bond donors (Lipinski definition) is 2. The van der Waals surface area contributed by atoms with E-state index in [0.717, 1.165) is 40.8 Å². The maximum Gasteiger partial charge on any atom is 0.273 e. The van der Waals surface area contributed by atoms with Gasteiger partial charge in [-0.3, -0.25) is 9.89 Å². The maximum absolute atomic E-state index is 13.3. The van der Waals surface area contributed by atoms with Crippen LogP contribution in [0.2, 0.25) is 0 Å². The maximum atomic E-state index is 13.3. The van der Waals surface area contributed by atoms with E-state index in [1.807, 2.05) is 62.1 Å². The number of carbonyl (C=O) groups is 1. The number of nitrogens with one attached hydrogen (secondary N) is 1. The van der Waals surface area contributed by atoms with E-state index >= 15 is 0 Å². The van der Waals surface area contributed by atoms with Gasteiger partial charge in [-0.25, -0.2) is 0 Å². The number of fused-ring (bicyclic) bond motifs is 1. The summed E-state index contributed by atoms with van der Waals surface area (Å²) in [5, 5.41) is 18.2. The summed E-state index contributed by atoms with van der Waals surface area (Å²) in [5.74, 6) is 0.912. The van der Waals surface area contributed by atoms with Crippen molar-refractivity contribution < 1.29 is 14.6 Å². The van der Waals surface area contributed by atoms with Crippen LogP contribution in [0.25, 0.3) is 11.3 Å². The SMILES string of the molecule is CCCCN1C(=O)c2[nH]nc(-c3cc(C)cc(C)c3O)c2C1c1cccc(OCC)c1. The summed E-state index contributed by atoms with van der Waals surface area (Å²) in [6.45, 7) is 9.16. The Kier molecular flexibility index (Phi) is 5.72. The number of H-pyrrole nitrogens is 1. The molecular weight excluding hydrogens is 390 g/mol. The summed E-state index contributed by atoms with van der Waals surface area (Å²) in [7, 11) is 0. The van der Waals surface area contributed by atoms with Crippen LogP contribution in [0.15, 0.2) is 36.4 Å². The average Bonchev–Trinajstić information content (AvgIpc) is 3.28. The molecule has 0 bridgehead atoms. The Morgan fingerprint density at radius 1 is 1.19 bits per heavy atom. The minimum atomic E-state index is -0.288. The van der Waals surface area contributed by atoms with Crippen molar-refractivity contribution >= 4 is 5.91 Å². The van der Waals surface area contributed by atoms with Gasteiger partial charge in [-0.2, -0.15) is 5.10 Å². The summed E-state index contributed by atoms with van der Waals surface area (Å²) in [4.78, 5) is 15.2. The lowest BCUT2D eigenvalue weighted by atomic mass is 9.94. The molecule has 0 radical (unpaired) electrons. The van der Waals surface area contributed by atoms with E-state index < -0.39 is 0 Å². The molecule has 0 saturated carbocycles. The fourth-order valence-electron chi connectivity index (χ4n) is 4.39. The van der Waals surface area contributed by atoms with Crippen molar-refractivity contribution in [2.45, 2.75) is 46.6 Å². The Morgan fingerprint density at radius 2 is 2.00 bits per heavy atom. The first-order valence-corrected chi connectivity index (χ1v) is 10.9. The highest BCUT2D eigenvalue weighted by Crippen LogP contribution is 2.45. The number of amides is 1. The largest absolute Gasteiger partial charge is 0.507 e. The van der Waals surface area contributed by atoms with Gasteiger partial charge >= 0.3 is 0 Å². The first kappa shape index (κ1) is 21.0. The second-order valence-electron chi connectivity index (χ2n) is 8.10. The molecule has 4 rings (SSSR count). The normalized spacial score (nSPS) is 15.4. The summed E-state index contributed by atoms with van der Waals surface area (Å²) in [6.07, 6.45) is 1.90. The van der Waals surface area contributed by atoms with E-state index in [1.54, 1.807) is 0 Å². The van der Waals surface area contributed by atoms with Gasteiger partial charge in [-0.1, -0.05) is 31.5 Å². The second-order valence-corrected chi connectivity index (χ2v) is 8.10. The zero-order chi connectivity index (χ0) is 22.1. The lowest BCUT2D eigenvalue weighted by molar-refractivity contribution is 0.0741. The van der Waals surface area contributed by atoms with Crippen molar-refractivity contribution in [2.24, 2.45) is 0 Å². The van der Waals surface area contributed by atoms with Crippen molar-refractivity contribution in [1.82, 2.24) is 15.1 Å². The van der Waals surface area contributed by atoms with Crippen LogP contribution in [-0.2, 0) is 0 Å². The van der Waals surface area contributed by atoms with Crippen LogP contribution in [0.5, 0.6) is 11.5 Å². The van der Waals surface area contributed by atoms with Crippen LogP contribution in [0.4, 0.5) is 0 Å². The van der Waals surface area contributed by atoms with Crippen LogP contribution in [0, 0.1) is 13.8 Å². The summed E-state index contributed by atoms with van der Waals surface area (Å²) < 4.78 is 5.72. The zero-order valence-corrected chi connectivity index (χ0v) is 18.5. The Bertz CT molecular complexity index is 1120. The molecule has 0 fully saturated rings. The number of aromatic nitrogens is 2. The average molecular weight is 420 g/mol. The van der Waals surface area contributed by atoms with E-state index in [1.165, 1.54) is 0 Å². The zero-order valence-electron chi connectivity index (χ0n) is 18.5. The molecule has 1 aliphatic heterocycles. The minimum Gasteiger partial charge on any atom is -0.507 e. The molecule has 0 saturated heterocycles. The van der Waals surface area contributed by atoms with Crippen LogP contribution >= 0.6 is 0 Å². The molecule has 2 N–H and O–H groups in total. The molecule has 31 heavy (non-hydrogen) atoms. The van der Waals surface area contributed by atoms with Crippen molar-refractivity contribution in [3.63, 3.8) is 0 Å². The van der Waals surface area contributed by atoms with Crippen molar-refractivity contribution in [3.05, 3.63) is 64.3 Å². The highest BCUT2D eigenvalue weighted by Gasteiger charge is 2.42. The number of benzene rings is 2. The van der Waals surface area contributed by atoms with Gasteiger partial charge in [-0.05, 0) is 62.1 Å². The van der Waals surface area contributed by atoms with Gasteiger partial charge in [-0.15, -0.1) is 0 Å². The lowest BCUT2D eigenvalue weighted by Crippen LogP contribution is -2.30. The number of carbonyl (C=O) groups excluding carboxylic acids is 1. The first-order valence-electron chi connectivity index (χ1n) is 10.9. The molecule has 6 nitrogen and oxygen atoms in total. The first-order chi connectivity index (χ1) is 15.0. The quantitative estimate of drug-likeness (QED) is 0.556. The molecule has 0 spiro atoms. The van der Waals surface area contributed by atoms with Gasteiger partial charge in [0, 0.05) is 17.7 Å². The van der Waals surface area contributed by atoms with Gasteiger partial charge in [0.2, 0.25) is 0 Å². The summed E-state index contributed by atoms with van der Waals surface area (Å²) in [6, 6.07) is 11.5. The van der Waals surface area contributed by atoms with Crippen LogP contribution in [0.3, 0.4) is 0 Å². The van der Waals surface area contributed by atoms with E-state index in [4.69, 9.17) is 4.74 Å². The predicted molar refractivity (Wildman–Crippen MR) is 121 cm³/mol. The fourth-order valence-corrected chi connectivity index (χ4v) is 4.39. The molecule has 6 heteroatoms. The number of unbranched alkanes of at least 4 members (excludes halogenated alkanes) is 1. The lowest BCUT2D eigenvalue weighted by Gasteiger charge is -2.26. The molecule has 0 aliphatic carbocycles. The van der Waals surface area contributed by atoms with Crippen molar-refractivity contribution in [3.8, 4) is 22.8 Å². The number of rotatable bonds is 7. The Hall–Kier alpha value is -3.28. The number of phenolic OH excluding ortho intramolecular Hbond substituents is 1. The number of phenols is 1. The number of aryl methyl sites for hydroxylation is 2. The molecule has 1 amide bonds. The molecule has 1 unspecified atom stereocenters. The molecule has 162 valence electrons. The van der Waals surface area contributed by atoms with Gasteiger partial charge in [0.1, 0.15) is 22.9 Å². The Balaban J connectivity index is 1.90. The third-order valence-corrected chi connectivity index (χ3v) is 5.80. The molecule has 1 atom stereocenters. The summed E-state index contributed by atoms with van der Waals surface area (Å²) >= 11 is 0. The minimum absolute atomic E-state index is 0.0575. The van der Waals surface area contributed by atoms with Crippen LogP contribution < -0.4 is 4.74 Å². The van der Waals surface area contributed by atoms with Crippen LogP contribution in [-0.4, -0.2) is 39.3 Å². The third-order valence-electron chi connectivity index (χ3n) is 5.80. The molecule has 3 aromatic rings. The van der Waals surface area contributed by atoms with Crippen molar-refractivity contribution in [1.29, 1.82) is 0 Å². The molecule has 1 aliphatic rings. The Morgan fingerprint density at radius 3 is 2.74 bits per heavy atom. The van der Waals surface area contributed by atoms with E-state index in [2.05, 4.69) is 17.1 Å². The Labute approximate surface area is 182 Å². The number of hydrogen-bond acceptors (Lipinski definition) is 4. The van der Waals surface area contributed by atoms with Gasteiger partial charge in [0.05, 0.1) is 12.6 Å². The number of ether oxygens (including phenoxy) is 1. The predicted octanol–water partition coefficient (Wildman–Crippen LogP) is 5.14. The van der Waals surface area contributed by atoms with E-state index in [-0.39, 0.29) is 17.7 Å². The topological polar surface area (TPSA) is 78.5 Å². The standard InChI is InChI=1S/C25H29N3O3/c1-5-7-11-28-23(17-9-8-10-18(14-17)31-6-2)20-21(26-27-22(20)25(28)30)19-13-15(3)12-16(4)24(19)29/h8-10,12-14,23,29H,5-7,11H2,1-4H3,(H,26,27). The molecular formula is C25H29N3O3. The smallest absolute Gasteiger partial charge is 0.273 e. The fraction of sp³-hybridized carbons (Fsp3) is 0.360. The van der Waals surface area contributed by atoms with Crippen molar-refractivity contribution in [2.75, 3.05) is 13.2 Å². The highest BCUT2D eigenvalue weighted by atomic mass is 16.5.